The summed E-state index contributed by atoms with van der Waals surface area (Å²) in [6, 6.07) is 0.119. The lowest BCUT2D eigenvalue weighted by molar-refractivity contribution is 0.633. The molecule has 0 fully saturated rings. The quantitative estimate of drug-likeness (QED) is 0.846. The van der Waals surface area contributed by atoms with Crippen LogP contribution in [0.1, 0.15) is 24.2 Å². The molecule has 0 aliphatic carbocycles. The Labute approximate surface area is 109 Å². The van der Waals surface area contributed by atoms with Crippen molar-refractivity contribution in [3.05, 3.63) is 29.5 Å². The van der Waals surface area contributed by atoms with E-state index in [4.69, 9.17) is 5.73 Å². The molecular weight excluding hydrogens is 252 g/mol. The molecule has 2 aromatic rings. The Morgan fingerprint density at radius 1 is 1.59 bits per heavy atom. The summed E-state index contributed by atoms with van der Waals surface area (Å²) in [5.41, 5.74) is 7.36. The van der Waals surface area contributed by atoms with Crippen LogP contribution in [0.15, 0.2) is 28.3 Å². The summed E-state index contributed by atoms with van der Waals surface area (Å²) in [7, 11) is 1.92. The summed E-state index contributed by atoms with van der Waals surface area (Å²) in [5, 5.41) is 6.42. The molecule has 0 radical (unpaired) electrons. The Balaban J connectivity index is 2.19. The first-order valence-electron chi connectivity index (χ1n) is 5.51. The summed E-state index contributed by atoms with van der Waals surface area (Å²) in [5.74, 6) is 0. The van der Waals surface area contributed by atoms with Gasteiger partial charge in [0.15, 0.2) is 0 Å². The molecule has 0 aromatic carbocycles. The van der Waals surface area contributed by atoms with Crippen molar-refractivity contribution in [1.29, 1.82) is 0 Å². The number of hydrogen-bond donors (Lipinski definition) is 1. The van der Waals surface area contributed by atoms with Crippen LogP contribution >= 0.6 is 23.1 Å². The first-order valence-corrected chi connectivity index (χ1v) is 7.27. The summed E-state index contributed by atoms with van der Waals surface area (Å²) >= 11 is 3.37. The van der Waals surface area contributed by atoms with Crippen LogP contribution in [-0.4, -0.2) is 20.8 Å². The van der Waals surface area contributed by atoms with Gasteiger partial charge in [0.1, 0.15) is 4.34 Å². The van der Waals surface area contributed by atoms with Crippen molar-refractivity contribution in [3.63, 3.8) is 0 Å². The van der Waals surface area contributed by atoms with E-state index in [9.17, 15) is 0 Å². The molecule has 0 saturated heterocycles. The molecule has 4 nitrogen and oxygen atoms in total. The minimum atomic E-state index is 0.119. The number of hydrogen-bond acceptors (Lipinski definition) is 5. The third-order valence-electron chi connectivity index (χ3n) is 2.55. The van der Waals surface area contributed by atoms with E-state index in [0.717, 1.165) is 10.8 Å². The van der Waals surface area contributed by atoms with Crippen LogP contribution in [-0.2, 0) is 7.05 Å². The highest BCUT2D eigenvalue weighted by atomic mass is 32.2. The first kappa shape index (κ1) is 12.6. The molecule has 0 saturated carbocycles. The summed E-state index contributed by atoms with van der Waals surface area (Å²) in [4.78, 5) is 4.30. The van der Waals surface area contributed by atoms with Crippen molar-refractivity contribution in [2.24, 2.45) is 12.8 Å². The van der Waals surface area contributed by atoms with Gasteiger partial charge in [0.25, 0.3) is 0 Å². The fourth-order valence-electron chi connectivity index (χ4n) is 1.58. The highest BCUT2D eigenvalue weighted by molar-refractivity contribution is 8.01. The molecule has 92 valence electrons. The van der Waals surface area contributed by atoms with Crippen LogP contribution in [0, 0.1) is 0 Å². The van der Waals surface area contributed by atoms with Gasteiger partial charge in [0, 0.05) is 36.4 Å². The van der Waals surface area contributed by atoms with E-state index in [1.165, 1.54) is 5.56 Å². The van der Waals surface area contributed by atoms with E-state index in [1.54, 1.807) is 23.1 Å². The van der Waals surface area contributed by atoms with Gasteiger partial charge in [-0.15, -0.1) is 11.3 Å². The zero-order valence-corrected chi connectivity index (χ0v) is 11.5. The second kappa shape index (κ2) is 5.66. The molecule has 0 spiro atoms. The standard InChI is InChI=1S/C11H16N4S2/c1-3-9(12)10(8-6-14-15(2)7-8)17-11-13-4-5-16-11/h4-7,9-10H,3,12H2,1-2H3. The lowest BCUT2D eigenvalue weighted by atomic mass is 10.1. The Kier molecular flexibility index (Phi) is 4.20. The number of thiazole rings is 1. The maximum Gasteiger partial charge on any atom is 0.150 e. The van der Waals surface area contributed by atoms with Gasteiger partial charge in [-0.1, -0.05) is 18.7 Å². The molecule has 2 N–H and O–H groups in total. The van der Waals surface area contributed by atoms with E-state index >= 15 is 0 Å². The van der Waals surface area contributed by atoms with Gasteiger partial charge in [-0.2, -0.15) is 5.10 Å². The van der Waals surface area contributed by atoms with E-state index in [1.807, 2.05) is 35.7 Å². The molecule has 2 unspecified atom stereocenters. The molecule has 0 amide bonds. The van der Waals surface area contributed by atoms with Crippen LogP contribution in [0.5, 0.6) is 0 Å². The van der Waals surface area contributed by atoms with Crippen LogP contribution in [0.25, 0.3) is 0 Å². The van der Waals surface area contributed by atoms with Crippen molar-refractivity contribution in [3.8, 4) is 0 Å². The largest absolute Gasteiger partial charge is 0.326 e. The van der Waals surface area contributed by atoms with E-state index < -0.39 is 0 Å². The molecule has 17 heavy (non-hydrogen) atoms. The predicted molar refractivity (Wildman–Crippen MR) is 72.2 cm³/mol. The van der Waals surface area contributed by atoms with Crippen LogP contribution in [0.4, 0.5) is 0 Å². The SMILES string of the molecule is CCC(N)C(Sc1nccs1)c1cnn(C)c1. The number of nitrogens with zero attached hydrogens (tertiary/aromatic N) is 3. The van der Waals surface area contributed by atoms with Crippen molar-refractivity contribution >= 4 is 23.1 Å². The highest BCUT2D eigenvalue weighted by Crippen LogP contribution is 2.38. The minimum absolute atomic E-state index is 0.119. The van der Waals surface area contributed by atoms with Crippen molar-refractivity contribution in [1.82, 2.24) is 14.8 Å². The van der Waals surface area contributed by atoms with Gasteiger partial charge < -0.3 is 5.73 Å². The van der Waals surface area contributed by atoms with Crippen molar-refractivity contribution < 1.29 is 0 Å². The number of thioether (sulfide) groups is 1. The average Bonchev–Trinajstić information content (AvgIpc) is 2.96. The van der Waals surface area contributed by atoms with Gasteiger partial charge in [-0.05, 0) is 6.42 Å². The lowest BCUT2D eigenvalue weighted by Gasteiger charge is -2.19. The molecule has 2 heterocycles. The molecule has 6 heteroatoms. The monoisotopic (exact) mass is 268 g/mol. The molecule has 0 aliphatic rings. The van der Waals surface area contributed by atoms with E-state index in [-0.39, 0.29) is 11.3 Å². The van der Waals surface area contributed by atoms with Gasteiger partial charge in [0.05, 0.1) is 11.4 Å². The van der Waals surface area contributed by atoms with Gasteiger partial charge in [-0.25, -0.2) is 4.98 Å². The Bertz CT molecular complexity index is 452. The number of rotatable bonds is 5. The second-order valence-corrected chi connectivity index (χ2v) is 6.14. The van der Waals surface area contributed by atoms with Crippen LogP contribution < -0.4 is 5.73 Å². The minimum Gasteiger partial charge on any atom is -0.326 e. The van der Waals surface area contributed by atoms with E-state index in [2.05, 4.69) is 17.0 Å². The average molecular weight is 268 g/mol. The van der Waals surface area contributed by atoms with Gasteiger partial charge >= 0.3 is 0 Å². The Hall–Kier alpha value is -0.850. The van der Waals surface area contributed by atoms with Crippen LogP contribution in [0.3, 0.4) is 0 Å². The molecule has 2 rings (SSSR count). The van der Waals surface area contributed by atoms with Crippen molar-refractivity contribution in [2.45, 2.75) is 29.0 Å². The molecule has 0 aliphatic heterocycles. The Morgan fingerprint density at radius 3 is 2.94 bits per heavy atom. The number of aromatic nitrogens is 3. The summed E-state index contributed by atoms with van der Waals surface area (Å²) in [6.07, 6.45) is 6.68. The third kappa shape index (κ3) is 3.08. The molecule has 0 bridgehead atoms. The highest BCUT2D eigenvalue weighted by Gasteiger charge is 2.22. The van der Waals surface area contributed by atoms with Crippen molar-refractivity contribution in [2.75, 3.05) is 0 Å². The first-order chi connectivity index (χ1) is 8.20. The van der Waals surface area contributed by atoms with Gasteiger partial charge in [-0.3, -0.25) is 4.68 Å². The molecule has 2 aromatic heterocycles. The predicted octanol–water partition coefficient (Wildman–Crippen LogP) is 2.45. The summed E-state index contributed by atoms with van der Waals surface area (Å²) < 4.78 is 2.87. The third-order valence-corrected chi connectivity index (χ3v) is 4.88. The van der Waals surface area contributed by atoms with Crippen LogP contribution in [0.2, 0.25) is 0 Å². The topological polar surface area (TPSA) is 56.7 Å². The maximum atomic E-state index is 6.19. The second-order valence-electron chi connectivity index (χ2n) is 3.86. The van der Waals surface area contributed by atoms with E-state index in [0.29, 0.717) is 0 Å². The molecule has 2 atom stereocenters. The normalized spacial score (nSPS) is 14.8. The lowest BCUT2D eigenvalue weighted by Crippen LogP contribution is -2.25. The van der Waals surface area contributed by atoms with Gasteiger partial charge in [0.2, 0.25) is 0 Å². The maximum absolute atomic E-state index is 6.19. The number of aryl methyl sites for hydroxylation is 1. The smallest absolute Gasteiger partial charge is 0.150 e. The number of nitrogens with two attached hydrogens (primary N) is 1. The Morgan fingerprint density at radius 2 is 2.41 bits per heavy atom. The molecular formula is C11H16N4S2. The zero-order chi connectivity index (χ0) is 12.3. The summed E-state index contributed by atoms with van der Waals surface area (Å²) in [6.45, 7) is 2.11. The fraction of sp³-hybridized carbons (Fsp3) is 0.455. The fourth-order valence-corrected chi connectivity index (χ4v) is 3.60. The zero-order valence-electron chi connectivity index (χ0n) is 9.91.